The molecule has 1 amide bonds. The zero-order valence-corrected chi connectivity index (χ0v) is 18.6. The van der Waals surface area contributed by atoms with Gasteiger partial charge in [0.2, 0.25) is 5.91 Å². The van der Waals surface area contributed by atoms with Gasteiger partial charge < -0.3 is 10.1 Å². The Labute approximate surface area is 173 Å². The quantitative estimate of drug-likeness (QED) is 0.246. The lowest BCUT2D eigenvalue weighted by atomic mass is 9.88. The maximum atomic E-state index is 12.2. The number of hydrogen-bond acceptors (Lipinski definition) is 3. The highest BCUT2D eigenvalue weighted by Gasteiger charge is 2.24. The minimum atomic E-state index is -0.535. The van der Waals surface area contributed by atoms with Gasteiger partial charge in [-0.1, -0.05) is 96.8 Å². The minimum absolute atomic E-state index is 0.0227. The molecule has 0 aromatic rings. The zero-order valence-electron chi connectivity index (χ0n) is 18.6. The van der Waals surface area contributed by atoms with E-state index < -0.39 is 6.04 Å². The van der Waals surface area contributed by atoms with E-state index in [9.17, 15) is 9.59 Å². The van der Waals surface area contributed by atoms with Gasteiger partial charge in [-0.3, -0.25) is 4.79 Å². The van der Waals surface area contributed by atoms with Crippen LogP contribution in [0.4, 0.5) is 0 Å². The molecule has 28 heavy (non-hydrogen) atoms. The summed E-state index contributed by atoms with van der Waals surface area (Å²) in [4.78, 5) is 24.2. The molecule has 0 radical (unpaired) electrons. The summed E-state index contributed by atoms with van der Waals surface area (Å²) < 4.78 is 5.33. The molecule has 0 bridgehead atoms. The number of hydrogen-bond donors (Lipinski definition) is 1. The van der Waals surface area contributed by atoms with Gasteiger partial charge >= 0.3 is 5.97 Å². The van der Waals surface area contributed by atoms with E-state index in [0.29, 0.717) is 6.61 Å². The van der Waals surface area contributed by atoms with Gasteiger partial charge in [0.15, 0.2) is 0 Å². The first-order chi connectivity index (χ1) is 13.6. The molecule has 0 aliphatic heterocycles. The van der Waals surface area contributed by atoms with Gasteiger partial charge in [0.05, 0.1) is 6.61 Å². The van der Waals surface area contributed by atoms with Crippen LogP contribution in [0.2, 0.25) is 0 Å². The van der Waals surface area contributed by atoms with Crippen molar-refractivity contribution in [3.05, 3.63) is 0 Å². The molecule has 1 atom stereocenters. The van der Waals surface area contributed by atoms with Crippen molar-refractivity contribution in [3.8, 4) is 0 Å². The molecule has 4 nitrogen and oxygen atoms in total. The van der Waals surface area contributed by atoms with Crippen LogP contribution < -0.4 is 5.32 Å². The van der Waals surface area contributed by atoms with E-state index in [4.69, 9.17) is 4.74 Å². The lowest BCUT2D eigenvalue weighted by Crippen LogP contribution is -2.43. The van der Waals surface area contributed by atoms with Crippen LogP contribution in [0.1, 0.15) is 123 Å². The highest BCUT2D eigenvalue weighted by molar-refractivity contribution is 5.85. The summed E-state index contributed by atoms with van der Waals surface area (Å²) in [6.07, 6.45) is 20.9. The normalized spacial score (nSPS) is 15.9. The zero-order chi connectivity index (χ0) is 20.5. The molecule has 0 saturated heterocycles. The van der Waals surface area contributed by atoms with E-state index >= 15 is 0 Å². The second-order valence-corrected chi connectivity index (χ2v) is 8.62. The first-order valence-electron chi connectivity index (χ1n) is 12.1. The van der Waals surface area contributed by atoms with Crippen LogP contribution in [-0.2, 0) is 14.3 Å². The smallest absolute Gasteiger partial charge is 0.328 e. The van der Waals surface area contributed by atoms with Gasteiger partial charge in [0.25, 0.3) is 0 Å². The van der Waals surface area contributed by atoms with Crippen molar-refractivity contribution in [2.75, 3.05) is 6.61 Å². The van der Waals surface area contributed by atoms with Crippen molar-refractivity contribution in [1.82, 2.24) is 5.32 Å². The fraction of sp³-hybridized carbons (Fsp3) is 0.917. The maximum Gasteiger partial charge on any atom is 0.328 e. The predicted molar refractivity (Wildman–Crippen MR) is 116 cm³/mol. The average molecular weight is 396 g/mol. The Kier molecular flexibility index (Phi) is 15.0. The Morgan fingerprint density at radius 3 is 1.86 bits per heavy atom. The number of nitrogens with one attached hydrogen (secondary N) is 1. The van der Waals surface area contributed by atoms with Crippen LogP contribution in [0.3, 0.4) is 0 Å². The van der Waals surface area contributed by atoms with E-state index in [1.807, 2.05) is 0 Å². The molecule has 0 heterocycles. The molecule has 1 saturated carbocycles. The molecule has 1 aliphatic rings. The van der Waals surface area contributed by atoms with E-state index in [1.165, 1.54) is 70.6 Å². The van der Waals surface area contributed by atoms with Crippen LogP contribution in [-0.4, -0.2) is 24.5 Å². The Morgan fingerprint density at radius 2 is 1.32 bits per heavy atom. The van der Waals surface area contributed by atoms with E-state index in [1.54, 1.807) is 6.92 Å². The Balaban J connectivity index is 1.91. The Morgan fingerprint density at radius 1 is 0.821 bits per heavy atom. The number of carbonyl (C=O) groups is 2. The highest BCUT2D eigenvalue weighted by Crippen LogP contribution is 2.23. The highest BCUT2D eigenvalue weighted by atomic mass is 16.5. The maximum absolute atomic E-state index is 12.2. The van der Waals surface area contributed by atoms with Crippen molar-refractivity contribution in [2.24, 2.45) is 5.92 Å². The molecule has 0 aromatic carbocycles. The third kappa shape index (κ3) is 12.4. The van der Waals surface area contributed by atoms with E-state index in [0.717, 1.165) is 38.5 Å². The third-order valence-corrected chi connectivity index (χ3v) is 5.93. The number of amides is 1. The lowest BCUT2D eigenvalue weighted by Gasteiger charge is -2.22. The minimum Gasteiger partial charge on any atom is -0.464 e. The second kappa shape index (κ2) is 16.9. The Bertz CT molecular complexity index is 405. The molecule has 0 unspecified atom stereocenters. The standard InChI is InChI=1S/C24H45NO3/c1-3-4-5-6-7-8-9-10-11-12-13-17-20-28-24(27)21(2)25-23(26)22-18-15-14-16-19-22/h21-22H,3-20H2,1-2H3,(H,25,26)/t21-/m0/s1. The molecule has 1 rings (SSSR count). The third-order valence-electron chi connectivity index (χ3n) is 5.93. The van der Waals surface area contributed by atoms with Crippen molar-refractivity contribution >= 4 is 11.9 Å². The molecule has 0 aromatic heterocycles. The topological polar surface area (TPSA) is 55.4 Å². The molecular weight excluding hydrogens is 350 g/mol. The van der Waals surface area contributed by atoms with Crippen molar-refractivity contribution in [3.63, 3.8) is 0 Å². The van der Waals surface area contributed by atoms with Gasteiger partial charge in [0.1, 0.15) is 6.04 Å². The molecule has 4 heteroatoms. The van der Waals surface area contributed by atoms with Gasteiger partial charge in [0, 0.05) is 5.92 Å². The first kappa shape index (κ1) is 25.0. The fourth-order valence-electron chi connectivity index (χ4n) is 4.00. The number of rotatable bonds is 16. The van der Waals surface area contributed by atoms with Crippen molar-refractivity contribution in [2.45, 2.75) is 129 Å². The van der Waals surface area contributed by atoms with Crippen LogP contribution >= 0.6 is 0 Å². The summed E-state index contributed by atoms with van der Waals surface area (Å²) in [5, 5.41) is 2.83. The average Bonchev–Trinajstić information content (AvgIpc) is 2.71. The van der Waals surface area contributed by atoms with Crippen LogP contribution in [0.5, 0.6) is 0 Å². The summed E-state index contributed by atoms with van der Waals surface area (Å²) in [5.74, 6) is -0.193. The predicted octanol–water partition coefficient (Wildman–Crippen LogP) is 6.32. The molecular formula is C24H45NO3. The summed E-state index contributed by atoms with van der Waals surface area (Å²) in [5.41, 5.74) is 0. The first-order valence-corrected chi connectivity index (χ1v) is 12.1. The monoisotopic (exact) mass is 395 g/mol. The molecule has 1 aliphatic carbocycles. The second-order valence-electron chi connectivity index (χ2n) is 8.62. The molecule has 1 N–H and O–H groups in total. The van der Waals surface area contributed by atoms with Crippen molar-refractivity contribution < 1.29 is 14.3 Å². The molecule has 1 fully saturated rings. The van der Waals surface area contributed by atoms with Crippen LogP contribution in [0, 0.1) is 5.92 Å². The van der Waals surface area contributed by atoms with Crippen LogP contribution in [0.25, 0.3) is 0 Å². The van der Waals surface area contributed by atoms with E-state index in [-0.39, 0.29) is 17.8 Å². The van der Waals surface area contributed by atoms with Crippen molar-refractivity contribution in [1.29, 1.82) is 0 Å². The number of esters is 1. The lowest BCUT2D eigenvalue weighted by molar-refractivity contribution is -0.148. The number of ether oxygens (including phenoxy) is 1. The summed E-state index contributed by atoms with van der Waals surface area (Å²) in [7, 11) is 0. The van der Waals surface area contributed by atoms with Gasteiger partial charge in [-0.05, 0) is 26.2 Å². The largest absolute Gasteiger partial charge is 0.464 e. The van der Waals surface area contributed by atoms with Gasteiger partial charge in [-0.25, -0.2) is 4.79 Å². The van der Waals surface area contributed by atoms with Gasteiger partial charge in [-0.15, -0.1) is 0 Å². The SMILES string of the molecule is CCCCCCCCCCCCCCOC(=O)[C@H](C)NC(=O)C1CCCCC1. The fourth-order valence-corrected chi connectivity index (χ4v) is 4.00. The number of carbonyl (C=O) groups excluding carboxylic acids is 2. The molecule has 164 valence electrons. The van der Waals surface area contributed by atoms with E-state index in [2.05, 4.69) is 12.2 Å². The summed E-state index contributed by atoms with van der Waals surface area (Å²) in [6.45, 7) is 4.46. The van der Waals surface area contributed by atoms with Crippen LogP contribution in [0.15, 0.2) is 0 Å². The number of unbranched alkanes of at least 4 members (excludes halogenated alkanes) is 11. The Hall–Kier alpha value is -1.06. The van der Waals surface area contributed by atoms with Gasteiger partial charge in [-0.2, -0.15) is 0 Å². The summed E-state index contributed by atoms with van der Waals surface area (Å²) >= 11 is 0. The summed E-state index contributed by atoms with van der Waals surface area (Å²) in [6, 6.07) is -0.535. The molecule has 0 spiro atoms.